The van der Waals surface area contributed by atoms with Gasteiger partial charge in [0.25, 0.3) is 0 Å². The van der Waals surface area contributed by atoms with E-state index in [1.165, 1.54) is 122 Å². The largest absolute Gasteiger partial charge is 0.0622 e. The Balaban J connectivity index is 1.02. The lowest BCUT2D eigenvalue weighted by Gasteiger charge is -2.26. The van der Waals surface area contributed by atoms with Crippen molar-refractivity contribution >= 4 is 21.5 Å². The summed E-state index contributed by atoms with van der Waals surface area (Å²) in [5.74, 6) is 0. The van der Waals surface area contributed by atoms with Crippen molar-refractivity contribution in [1.82, 2.24) is 0 Å². The van der Waals surface area contributed by atoms with Crippen LogP contribution in [0.2, 0.25) is 0 Å². The summed E-state index contributed by atoms with van der Waals surface area (Å²) in [5.41, 5.74) is 24.3. The van der Waals surface area contributed by atoms with E-state index in [-0.39, 0.29) is 16.2 Å². The van der Waals surface area contributed by atoms with Crippen LogP contribution in [-0.2, 0) is 16.2 Å². The Hall–Kier alpha value is -6.50. The van der Waals surface area contributed by atoms with Gasteiger partial charge in [-0.3, -0.25) is 0 Å². The Labute approximate surface area is 347 Å². The van der Waals surface area contributed by atoms with Crippen LogP contribution in [0.15, 0.2) is 170 Å². The maximum Gasteiger partial charge on any atom is 0.0165 e. The fourth-order valence-electron chi connectivity index (χ4n) is 11.9. The second kappa shape index (κ2) is 11.8. The van der Waals surface area contributed by atoms with E-state index in [2.05, 4.69) is 211 Å². The molecule has 0 saturated heterocycles. The van der Waals surface area contributed by atoms with Crippen molar-refractivity contribution in [2.45, 2.75) is 57.8 Å². The molecule has 9 aromatic carbocycles. The van der Waals surface area contributed by atoms with E-state index in [0.29, 0.717) is 0 Å². The minimum absolute atomic E-state index is 0.0742. The summed E-state index contributed by atoms with van der Waals surface area (Å²) < 4.78 is 0. The molecule has 0 bridgehead atoms. The molecule has 0 aromatic heterocycles. The first-order valence-corrected chi connectivity index (χ1v) is 21.3. The molecule has 9 aromatic rings. The van der Waals surface area contributed by atoms with Crippen molar-refractivity contribution in [2.75, 3.05) is 0 Å². The van der Waals surface area contributed by atoms with Crippen LogP contribution in [-0.4, -0.2) is 0 Å². The summed E-state index contributed by atoms with van der Waals surface area (Å²) in [6.45, 7) is 14.5. The highest BCUT2D eigenvalue weighted by Gasteiger charge is 2.45. The molecule has 282 valence electrons. The zero-order chi connectivity index (χ0) is 40.0. The van der Waals surface area contributed by atoms with Crippen molar-refractivity contribution in [1.29, 1.82) is 0 Å². The number of hydrogen-bond acceptors (Lipinski definition) is 0. The lowest BCUT2D eigenvalue weighted by molar-refractivity contribution is 0.648. The van der Waals surface area contributed by atoms with Crippen molar-refractivity contribution in [2.24, 2.45) is 0 Å². The maximum atomic E-state index is 2.51. The molecule has 0 fully saturated rings. The molecule has 3 aliphatic rings. The predicted octanol–water partition coefficient (Wildman–Crippen LogP) is 15.9. The van der Waals surface area contributed by atoms with Crippen molar-refractivity contribution in [3.8, 4) is 66.8 Å². The first kappa shape index (κ1) is 34.5. The number of hydrogen-bond donors (Lipinski definition) is 0. The Kier molecular flexibility index (Phi) is 6.91. The lowest BCUT2D eigenvalue weighted by atomic mass is 9.76. The fourth-order valence-corrected chi connectivity index (χ4v) is 11.9. The van der Waals surface area contributed by atoms with Crippen LogP contribution < -0.4 is 0 Å². The van der Waals surface area contributed by atoms with Gasteiger partial charge in [-0.25, -0.2) is 0 Å². The average molecular weight is 755 g/mol. The highest BCUT2D eigenvalue weighted by Crippen LogP contribution is 2.61. The van der Waals surface area contributed by atoms with Gasteiger partial charge in [0.2, 0.25) is 0 Å². The van der Waals surface area contributed by atoms with E-state index < -0.39 is 0 Å². The number of benzene rings is 9. The Morgan fingerprint density at radius 1 is 0.254 bits per heavy atom. The van der Waals surface area contributed by atoms with Crippen LogP contribution >= 0.6 is 0 Å². The molecule has 0 aliphatic heterocycles. The predicted molar refractivity (Wildman–Crippen MR) is 250 cm³/mol. The smallest absolute Gasteiger partial charge is 0.0165 e. The number of fused-ring (bicyclic) bond motifs is 12. The van der Waals surface area contributed by atoms with Crippen LogP contribution in [0.4, 0.5) is 0 Å². The topological polar surface area (TPSA) is 0 Å². The molecule has 12 rings (SSSR count). The van der Waals surface area contributed by atoms with E-state index in [0.717, 1.165) is 0 Å². The standard InChI is InChI=1S/C59H46/c1-57(2)49-31-28-36(38-24-16-25-46-54-50(59(5,6)55(38)46)32-30-45-39-19-14-15-26-48(39)58(3,4)56(45)54)33-47(49)40-29-27-37(34-51(40)57)53-43-22-12-10-20-41(43)52(35-17-8-7-9-18-35)42-21-11-13-23-44(42)53/h7-34H,1-6H3. The summed E-state index contributed by atoms with van der Waals surface area (Å²) in [5, 5.41) is 5.16. The highest BCUT2D eigenvalue weighted by molar-refractivity contribution is 6.21. The summed E-state index contributed by atoms with van der Waals surface area (Å²) in [6, 6.07) is 64.4. The van der Waals surface area contributed by atoms with Gasteiger partial charge in [0.15, 0.2) is 0 Å². The minimum atomic E-state index is -0.149. The quantitative estimate of drug-likeness (QED) is 0.158. The molecule has 0 unspecified atom stereocenters. The first-order chi connectivity index (χ1) is 28.6. The Bertz CT molecular complexity index is 3220. The molecule has 0 atom stereocenters. The van der Waals surface area contributed by atoms with Crippen LogP contribution in [0.1, 0.15) is 74.9 Å². The summed E-state index contributed by atoms with van der Waals surface area (Å²) >= 11 is 0. The molecule has 0 heteroatoms. The van der Waals surface area contributed by atoms with Gasteiger partial charge in [0.1, 0.15) is 0 Å². The molecule has 0 amide bonds. The molecule has 3 aliphatic carbocycles. The average Bonchev–Trinajstić information content (AvgIpc) is 3.75. The second-order valence-electron chi connectivity index (χ2n) is 18.8. The van der Waals surface area contributed by atoms with E-state index in [4.69, 9.17) is 0 Å². The van der Waals surface area contributed by atoms with Crippen molar-refractivity contribution < 1.29 is 0 Å². The normalized spacial score (nSPS) is 15.7. The second-order valence-corrected chi connectivity index (χ2v) is 18.8. The van der Waals surface area contributed by atoms with Crippen LogP contribution in [0.5, 0.6) is 0 Å². The van der Waals surface area contributed by atoms with Crippen molar-refractivity contribution in [3.63, 3.8) is 0 Å². The third-order valence-electron chi connectivity index (χ3n) is 14.6. The Morgan fingerprint density at radius 3 is 1.47 bits per heavy atom. The van der Waals surface area contributed by atoms with E-state index >= 15 is 0 Å². The highest BCUT2D eigenvalue weighted by atomic mass is 14.5. The SMILES string of the molecule is CC1(C)c2ccc(-c3cccc4c3C(C)(C)c3ccc5c(c3-4)C(C)(C)c3ccccc3-5)cc2-c2ccc(-c3c4ccccc4c(-c4ccccc4)c4ccccc34)cc21. The minimum Gasteiger partial charge on any atom is -0.0622 e. The van der Waals surface area contributed by atoms with Crippen LogP contribution in [0.3, 0.4) is 0 Å². The monoisotopic (exact) mass is 754 g/mol. The summed E-state index contributed by atoms with van der Waals surface area (Å²) in [4.78, 5) is 0. The zero-order valence-corrected chi connectivity index (χ0v) is 34.7. The first-order valence-electron chi connectivity index (χ1n) is 21.3. The van der Waals surface area contributed by atoms with Crippen LogP contribution in [0, 0.1) is 0 Å². The molecule has 0 heterocycles. The van der Waals surface area contributed by atoms with Gasteiger partial charge in [-0.15, -0.1) is 0 Å². The third-order valence-corrected chi connectivity index (χ3v) is 14.6. The van der Waals surface area contributed by atoms with E-state index in [9.17, 15) is 0 Å². The molecule has 0 saturated carbocycles. The molecule has 0 N–H and O–H groups in total. The number of rotatable bonds is 3. The molecule has 0 radical (unpaired) electrons. The lowest BCUT2D eigenvalue weighted by Crippen LogP contribution is -2.18. The molecule has 0 spiro atoms. The van der Waals surface area contributed by atoms with Gasteiger partial charge in [0, 0.05) is 16.2 Å². The van der Waals surface area contributed by atoms with E-state index in [1.54, 1.807) is 0 Å². The summed E-state index contributed by atoms with van der Waals surface area (Å²) in [7, 11) is 0. The third kappa shape index (κ3) is 4.50. The Morgan fingerprint density at radius 2 is 0.763 bits per heavy atom. The summed E-state index contributed by atoms with van der Waals surface area (Å²) in [6.07, 6.45) is 0. The van der Waals surface area contributed by atoms with Gasteiger partial charge in [0.05, 0.1) is 0 Å². The van der Waals surface area contributed by atoms with Gasteiger partial charge >= 0.3 is 0 Å². The van der Waals surface area contributed by atoms with Gasteiger partial charge in [-0.1, -0.05) is 199 Å². The molecular formula is C59H46. The van der Waals surface area contributed by atoms with Crippen molar-refractivity contribution in [3.05, 3.63) is 203 Å². The molecule has 0 nitrogen and oxygen atoms in total. The zero-order valence-electron chi connectivity index (χ0n) is 34.7. The van der Waals surface area contributed by atoms with Gasteiger partial charge in [-0.05, 0) is 134 Å². The van der Waals surface area contributed by atoms with Gasteiger partial charge in [-0.2, -0.15) is 0 Å². The van der Waals surface area contributed by atoms with E-state index in [1.807, 2.05) is 0 Å². The molecule has 59 heavy (non-hydrogen) atoms. The van der Waals surface area contributed by atoms with Crippen LogP contribution in [0.25, 0.3) is 88.3 Å². The molecular weight excluding hydrogens is 709 g/mol. The van der Waals surface area contributed by atoms with Gasteiger partial charge < -0.3 is 0 Å². The fraction of sp³-hybridized carbons (Fsp3) is 0.153. The maximum absolute atomic E-state index is 2.51.